The Hall–Kier alpha value is -2.13. The number of halogens is 2. The summed E-state index contributed by atoms with van der Waals surface area (Å²) in [6.07, 6.45) is 8.97. The van der Waals surface area contributed by atoms with Crippen LogP contribution < -0.4 is 7.74 Å². The fourth-order valence-corrected chi connectivity index (χ4v) is 30.2. The van der Waals surface area contributed by atoms with Gasteiger partial charge >= 0.3 is 208 Å². The van der Waals surface area contributed by atoms with E-state index in [4.69, 9.17) is 18.6 Å². The summed E-state index contributed by atoms with van der Waals surface area (Å²) in [6, 6.07) is 38.2. The summed E-state index contributed by atoms with van der Waals surface area (Å²) < 4.78 is 1.68. The quantitative estimate of drug-likeness (QED) is 0.254. The summed E-state index contributed by atoms with van der Waals surface area (Å²) in [5.41, 5.74) is 4.77. The van der Waals surface area contributed by atoms with Crippen molar-refractivity contribution < 1.29 is 9.36 Å². The number of fused-ring (bicyclic) bond motifs is 2. The Bertz CT molecular complexity index is 1520. The molecule has 0 radical (unpaired) electrons. The zero-order valence-corrected chi connectivity index (χ0v) is 23.3. The van der Waals surface area contributed by atoms with Crippen LogP contribution in [0, 0.1) is 0 Å². The van der Waals surface area contributed by atoms with Crippen LogP contribution in [0.25, 0.3) is 12.2 Å². The van der Waals surface area contributed by atoms with Crippen molar-refractivity contribution in [2.75, 3.05) is 0 Å². The Morgan fingerprint density at radius 1 is 0.500 bits per heavy atom. The number of allylic oxidation sites excluding steroid dienone is 2. The fraction of sp³-hybridized carbons (Fsp3) is 0.0667. The molecule has 2 unspecified atom stereocenters. The first kappa shape index (κ1) is 22.3. The molecule has 0 saturated heterocycles. The Labute approximate surface area is 206 Å². The van der Waals surface area contributed by atoms with E-state index in [-0.39, 0.29) is 8.45 Å². The second-order valence-corrected chi connectivity index (χ2v) is 47.1. The molecule has 0 bridgehead atoms. The van der Waals surface area contributed by atoms with Crippen molar-refractivity contribution in [2.45, 2.75) is 8.45 Å². The second kappa shape index (κ2) is 6.55. The van der Waals surface area contributed by atoms with E-state index < -0.39 is 9.36 Å². The monoisotopic (exact) mass is 532 g/mol. The first-order chi connectivity index (χ1) is 16.2. The van der Waals surface area contributed by atoms with E-state index in [0.717, 1.165) is 7.74 Å². The number of benzene rings is 4. The summed E-state index contributed by atoms with van der Waals surface area (Å²) in [4.78, 5) is 0. The summed E-state index contributed by atoms with van der Waals surface area (Å²) in [6.45, 7) is 0. The van der Waals surface area contributed by atoms with Crippen molar-refractivity contribution in [3.63, 3.8) is 0 Å². The van der Waals surface area contributed by atoms with Crippen LogP contribution in [0.3, 0.4) is 0 Å². The Balaban J connectivity index is 1.91. The molecule has 6 rings (SSSR count). The van der Waals surface area contributed by atoms with Gasteiger partial charge in [-0.3, -0.25) is 0 Å². The number of rotatable bonds is 4. The van der Waals surface area contributed by atoms with Crippen molar-refractivity contribution in [1.29, 1.82) is 0 Å². The van der Waals surface area contributed by atoms with Gasteiger partial charge in [-0.2, -0.15) is 0 Å². The van der Waals surface area contributed by atoms with Crippen molar-refractivity contribution in [1.82, 2.24) is 0 Å². The Morgan fingerprint density at radius 3 is 1.26 bits per heavy atom. The zero-order valence-electron chi connectivity index (χ0n) is 18.8. The second-order valence-electron chi connectivity index (χ2n) is 10.4. The van der Waals surface area contributed by atoms with E-state index in [0.29, 0.717) is 0 Å². The third kappa shape index (κ3) is 2.40. The van der Waals surface area contributed by atoms with Gasteiger partial charge in [0.25, 0.3) is 0 Å². The molecule has 2 aliphatic carbocycles. The van der Waals surface area contributed by atoms with Gasteiger partial charge < -0.3 is 0 Å². The van der Waals surface area contributed by atoms with E-state index in [2.05, 4.69) is 121 Å². The van der Waals surface area contributed by atoms with Crippen LogP contribution in [-0.4, -0.2) is 7.63 Å². The van der Waals surface area contributed by atoms with Gasteiger partial charge in [0.15, 0.2) is 0 Å². The average Bonchev–Trinajstić information content (AvgIpc) is 3.52. The molecule has 0 aromatic heterocycles. The van der Waals surface area contributed by atoms with Gasteiger partial charge in [-0.25, -0.2) is 0 Å². The minimum absolute atomic E-state index is 0.193. The molecule has 34 heavy (non-hydrogen) atoms. The third-order valence-corrected chi connectivity index (χ3v) is 37.4. The summed E-state index contributed by atoms with van der Waals surface area (Å²) in [5.74, 6) is 0. The molecule has 4 aromatic rings. The van der Waals surface area contributed by atoms with Gasteiger partial charge in [-0.15, -0.1) is 0 Å². The molecule has 2 aliphatic rings. The normalized spacial score (nSPS) is 21.6. The van der Waals surface area contributed by atoms with Crippen LogP contribution in [-0.2, 0) is 9.36 Å². The zero-order chi connectivity index (χ0) is 23.6. The van der Waals surface area contributed by atoms with Crippen LogP contribution in [0.5, 0.6) is 0 Å². The molecule has 0 nitrogen and oxygen atoms in total. The molecule has 0 aliphatic heterocycles. The molecule has 168 valence electrons. The van der Waals surface area contributed by atoms with Gasteiger partial charge in [0.2, 0.25) is 0 Å². The van der Waals surface area contributed by atoms with Crippen molar-refractivity contribution in [3.05, 3.63) is 144 Å². The molecule has 2 atom stereocenters. The maximum atomic E-state index is 8.88. The molecule has 0 N–H and O–H groups in total. The average molecular weight is 533 g/mol. The topological polar surface area (TPSA) is 0 Å². The van der Waals surface area contributed by atoms with Crippen LogP contribution in [0.4, 0.5) is 0 Å². The van der Waals surface area contributed by atoms with Gasteiger partial charge in [0.05, 0.1) is 0 Å². The van der Waals surface area contributed by atoms with Crippen LogP contribution in [0.15, 0.2) is 121 Å². The third-order valence-electron chi connectivity index (χ3n) is 8.84. The molecule has 4 heteroatoms. The van der Waals surface area contributed by atoms with Crippen LogP contribution in [0.2, 0.25) is 0 Å². The van der Waals surface area contributed by atoms with Gasteiger partial charge in [0, 0.05) is 0 Å². The van der Waals surface area contributed by atoms with Crippen LogP contribution >= 0.6 is 18.6 Å². The van der Waals surface area contributed by atoms with Crippen molar-refractivity contribution in [3.8, 4) is 0 Å². The first-order valence-electron chi connectivity index (χ1n) is 11.8. The number of hydrogen-bond acceptors (Lipinski definition) is 0. The minimum atomic E-state index is -6.23. The molecule has 0 fully saturated rings. The fourth-order valence-electron chi connectivity index (χ4n) is 7.02. The molecular formula is C30H26Cl2SiTi. The summed E-state index contributed by atoms with van der Waals surface area (Å²) in [5, 5.41) is 0. The molecule has 4 aromatic carbocycles. The molecule has 0 saturated carbocycles. The van der Waals surface area contributed by atoms with E-state index in [1.54, 1.807) is 0 Å². The van der Waals surface area contributed by atoms with Gasteiger partial charge in [-0.05, 0) is 0 Å². The van der Waals surface area contributed by atoms with E-state index >= 15 is 0 Å². The standard InChI is InChI=1S/2C9H7.2C6H5.2ClH.H2Si.Ti/c2*1-2-5-9-7-3-6-8(9)4-1;2*1-2-4-6-5-3-1;;;;/h2*1-7H;2*1-5H;2*1H;1H2;/q;;;;;;;+2/p-2. The molecule has 0 heterocycles. The molecular weight excluding hydrogens is 507 g/mol. The van der Waals surface area contributed by atoms with E-state index in [1.807, 2.05) is 19.8 Å². The maximum absolute atomic E-state index is 8.88. The Kier molecular flexibility index (Phi) is 4.30. The van der Waals surface area contributed by atoms with Crippen molar-refractivity contribution in [2.24, 2.45) is 0 Å². The van der Waals surface area contributed by atoms with Gasteiger partial charge in [-0.1, -0.05) is 0 Å². The van der Waals surface area contributed by atoms with Gasteiger partial charge in [0.1, 0.15) is 0 Å². The van der Waals surface area contributed by atoms with E-state index in [9.17, 15) is 0 Å². The molecule has 0 amide bonds. The van der Waals surface area contributed by atoms with Crippen LogP contribution in [0.1, 0.15) is 30.7 Å². The Morgan fingerprint density at radius 2 is 0.853 bits per heavy atom. The summed E-state index contributed by atoms with van der Waals surface area (Å²) in [7, 11) is 13.4. The summed E-state index contributed by atoms with van der Waals surface area (Å²) >= 11 is 0. The molecule has 0 spiro atoms. The van der Waals surface area contributed by atoms with E-state index in [1.165, 1.54) is 22.3 Å². The predicted octanol–water partition coefficient (Wildman–Crippen LogP) is 6.79. The number of hydrogen-bond donors (Lipinski definition) is 0. The first-order valence-corrected chi connectivity index (χ1v) is 23.5. The van der Waals surface area contributed by atoms with Crippen molar-refractivity contribution >= 4 is 46.1 Å². The predicted molar refractivity (Wildman–Crippen MR) is 149 cm³/mol. The SMILES string of the molecule is [SiH2]=[Ti]([Cl])([Cl])([c]1ccccc1)([c]1ccccc1)([CH]1C=Cc2ccccc21)[CH]1C=Cc2ccccc21.